The average Bonchev–Trinajstić information content (AvgIpc) is 3.22. The third kappa shape index (κ3) is 3.90. The van der Waals surface area contributed by atoms with Gasteiger partial charge in [-0.2, -0.15) is 0 Å². The summed E-state index contributed by atoms with van der Waals surface area (Å²) in [5.74, 6) is 0.678. The number of anilines is 1. The highest BCUT2D eigenvalue weighted by Gasteiger charge is 2.31. The molecule has 1 fully saturated rings. The maximum atomic E-state index is 13.2. The van der Waals surface area contributed by atoms with E-state index < -0.39 is 0 Å². The second-order valence-electron chi connectivity index (χ2n) is 7.33. The topological polar surface area (TPSA) is 79.5 Å². The average molecular weight is 397 g/mol. The van der Waals surface area contributed by atoms with Crippen molar-refractivity contribution in [2.75, 3.05) is 24.5 Å². The Hall–Kier alpha value is -3.10. The highest BCUT2D eigenvalue weighted by Crippen LogP contribution is 2.27. The lowest BCUT2D eigenvalue weighted by Gasteiger charge is -2.36. The number of nitrogens with zero attached hydrogens (tertiary/aromatic N) is 7. The van der Waals surface area contributed by atoms with Crippen LogP contribution in [0.2, 0.25) is 0 Å². The number of hydrogen-bond acceptors (Lipinski definition) is 6. The quantitative estimate of drug-likeness (QED) is 0.658. The summed E-state index contributed by atoms with van der Waals surface area (Å²) < 4.78 is 14.6. The Morgan fingerprint density at radius 1 is 1.21 bits per heavy atom. The molecular weight excluding hydrogens is 373 g/mol. The molecule has 1 aliphatic heterocycles. The first-order chi connectivity index (χ1) is 14.1. The second-order valence-corrected chi connectivity index (χ2v) is 7.33. The molecule has 1 aliphatic rings. The van der Waals surface area contributed by atoms with E-state index in [1.165, 1.54) is 16.8 Å². The van der Waals surface area contributed by atoms with E-state index in [4.69, 9.17) is 0 Å². The zero-order valence-corrected chi connectivity index (χ0v) is 16.6. The lowest BCUT2D eigenvalue weighted by Crippen LogP contribution is -2.43. The zero-order chi connectivity index (χ0) is 20.4. The van der Waals surface area contributed by atoms with Gasteiger partial charge in [0.25, 0.3) is 0 Å². The molecule has 2 aromatic heterocycles. The van der Waals surface area contributed by atoms with E-state index in [2.05, 4.69) is 25.5 Å². The van der Waals surface area contributed by atoms with Gasteiger partial charge in [0.05, 0.1) is 6.04 Å². The summed E-state index contributed by atoms with van der Waals surface area (Å²) in [6.07, 6.45) is 1.53. The van der Waals surface area contributed by atoms with Gasteiger partial charge in [0.2, 0.25) is 5.91 Å². The lowest BCUT2D eigenvalue weighted by atomic mass is 9.94. The van der Waals surface area contributed by atoms with E-state index in [9.17, 15) is 9.18 Å². The van der Waals surface area contributed by atoms with E-state index in [-0.39, 0.29) is 23.7 Å². The van der Waals surface area contributed by atoms with Gasteiger partial charge < -0.3 is 9.80 Å². The molecule has 29 heavy (non-hydrogen) atoms. The van der Waals surface area contributed by atoms with Crippen molar-refractivity contribution in [2.45, 2.75) is 32.7 Å². The summed E-state index contributed by atoms with van der Waals surface area (Å²) in [4.78, 5) is 17.2. The van der Waals surface area contributed by atoms with Gasteiger partial charge in [-0.1, -0.05) is 12.1 Å². The van der Waals surface area contributed by atoms with Gasteiger partial charge in [-0.3, -0.25) is 4.79 Å². The molecule has 1 atom stereocenters. The van der Waals surface area contributed by atoms with Gasteiger partial charge in [-0.15, -0.1) is 14.8 Å². The maximum Gasteiger partial charge on any atom is 0.226 e. The third-order valence-corrected chi connectivity index (χ3v) is 5.67. The Labute approximate surface area is 168 Å². The largest absolute Gasteiger partial charge is 0.355 e. The number of aromatic nitrogens is 5. The van der Waals surface area contributed by atoms with Crippen molar-refractivity contribution in [3.05, 3.63) is 47.8 Å². The number of rotatable bonds is 5. The molecule has 3 aromatic rings. The molecule has 1 amide bonds. The summed E-state index contributed by atoms with van der Waals surface area (Å²) in [6.45, 7) is 6.10. The molecular formula is C20H24FN7O. The van der Waals surface area contributed by atoms with Gasteiger partial charge >= 0.3 is 0 Å². The molecule has 3 heterocycles. The molecule has 0 saturated carbocycles. The Bertz CT molecular complexity index is 982. The van der Waals surface area contributed by atoms with E-state index in [0.717, 1.165) is 37.3 Å². The molecule has 8 nitrogen and oxygen atoms in total. The molecule has 152 valence electrons. The first-order valence-electron chi connectivity index (χ1n) is 9.93. The van der Waals surface area contributed by atoms with Crippen LogP contribution in [0.5, 0.6) is 0 Å². The number of hydrogen-bond donors (Lipinski definition) is 0. The Morgan fingerprint density at radius 2 is 1.93 bits per heavy atom. The SMILES string of the molecule is CCN(C(=O)C1CCN(c2ccc3nnnn3n2)CC1)C(C)c1ccc(F)cc1. The van der Waals surface area contributed by atoms with Gasteiger partial charge in [-0.05, 0) is 66.9 Å². The fourth-order valence-electron chi connectivity index (χ4n) is 3.94. The predicted octanol–water partition coefficient (Wildman–Crippen LogP) is 2.48. The molecule has 0 bridgehead atoms. The minimum atomic E-state index is -0.267. The highest BCUT2D eigenvalue weighted by molar-refractivity contribution is 5.79. The number of tetrazole rings is 1. The molecule has 0 N–H and O–H groups in total. The molecule has 1 aromatic carbocycles. The van der Waals surface area contributed by atoms with Crippen molar-refractivity contribution in [2.24, 2.45) is 5.92 Å². The molecule has 0 aliphatic carbocycles. The summed E-state index contributed by atoms with van der Waals surface area (Å²) >= 11 is 0. The van der Waals surface area contributed by atoms with Crippen molar-refractivity contribution in [1.29, 1.82) is 0 Å². The lowest BCUT2D eigenvalue weighted by molar-refractivity contribution is -0.138. The standard InChI is InChI=1S/C20H24FN7O/c1-3-27(14(2)15-4-6-17(21)7-5-15)20(29)16-10-12-26(13-11-16)19-9-8-18-22-24-25-28(18)23-19/h4-9,14,16H,3,10-13H2,1-2H3. The summed E-state index contributed by atoms with van der Waals surface area (Å²) in [5.41, 5.74) is 1.55. The van der Waals surface area contributed by atoms with Crippen LogP contribution in [0.3, 0.4) is 0 Å². The van der Waals surface area contributed by atoms with Crippen LogP contribution in [0, 0.1) is 11.7 Å². The Balaban J connectivity index is 1.41. The van der Waals surface area contributed by atoms with Crippen LogP contribution in [0.15, 0.2) is 36.4 Å². The number of fused-ring (bicyclic) bond motifs is 1. The van der Waals surface area contributed by atoms with E-state index in [1.54, 1.807) is 12.1 Å². The summed E-state index contributed by atoms with van der Waals surface area (Å²) in [7, 11) is 0. The first kappa shape index (κ1) is 19.2. The highest BCUT2D eigenvalue weighted by atomic mass is 19.1. The molecule has 4 rings (SSSR count). The van der Waals surface area contributed by atoms with Gasteiger partial charge in [0, 0.05) is 25.6 Å². The third-order valence-electron chi connectivity index (χ3n) is 5.67. The number of amides is 1. The van der Waals surface area contributed by atoms with Crippen molar-refractivity contribution in [3.8, 4) is 0 Å². The zero-order valence-electron chi connectivity index (χ0n) is 16.6. The number of benzene rings is 1. The van der Waals surface area contributed by atoms with Crippen LogP contribution in [0.1, 0.15) is 38.3 Å². The van der Waals surface area contributed by atoms with Crippen molar-refractivity contribution < 1.29 is 9.18 Å². The van der Waals surface area contributed by atoms with Crippen LogP contribution >= 0.6 is 0 Å². The number of carbonyl (C=O) groups excluding carboxylic acids is 1. The number of carbonyl (C=O) groups is 1. The van der Waals surface area contributed by atoms with E-state index in [1.807, 2.05) is 30.9 Å². The molecule has 1 saturated heterocycles. The molecule has 1 unspecified atom stereocenters. The smallest absolute Gasteiger partial charge is 0.226 e. The maximum absolute atomic E-state index is 13.2. The fraction of sp³-hybridized carbons (Fsp3) is 0.450. The summed E-state index contributed by atoms with van der Waals surface area (Å²) in [6, 6.07) is 10.0. The van der Waals surface area contributed by atoms with Gasteiger partial charge in [-0.25, -0.2) is 4.39 Å². The summed E-state index contributed by atoms with van der Waals surface area (Å²) in [5, 5.41) is 15.7. The second kappa shape index (κ2) is 8.10. The minimum absolute atomic E-state index is 0.0223. The van der Waals surface area contributed by atoms with Gasteiger partial charge in [0.15, 0.2) is 11.5 Å². The monoisotopic (exact) mass is 397 g/mol. The van der Waals surface area contributed by atoms with Gasteiger partial charge in [0.1, 0.15) is 5.82 Å². The number of piperidine rings is 1. The molecule has 0 spiro atoms. The van der Waals surface area contributed by atoms with Crippen LogP contribution in [0.4, 0.5) is 10.2 Å². The molecule has 0 radical (unpaired) electrons. The Morgan fingerprint density at radius 3 is 2.62 bits per heavy atom. The van der Waals surface area contributed by atoms with Crippen LogP contribution in [-0.4, -0.2) is 55.7 Å². The van der Waals surface area contributed by atoms with Crippen LogP contribution in [-0.2, 0) is 4.79 Å². The first-order valence-corrected chi connectivity index (χ1v) is 9.93. The van der Waals surface area contributed by atoms with Crippen LogP contribution < -0.4 is 4.90 Å². The van der Waals surface area contributed by atoms with Crippen molar-refractivity contribution in [3.63, 3.8) is 0 Å². The van der Waals surface area contributed by atoms with Crippen molar-refractivity contribution >= 4 is 17.4 Å². The predicted molar refractivity (Wildman–Crippen MR) is 106 cm³/mol. The normalized spacial score (nSPS) is 16.2. The van der Waals surface area contributed by atoms with E-state index in [0.29, 0.717) is 12.2 Å². The molecule has 9 heteroatoms. The van der Waals surface area contributed by atoms with Crippen LogP contribution in [0.25, 0.3) is 5.65 Å². The Kier molecular flexibility index (Phi) is 5.37. The minimum Gasteiger partial charge on any atom is -0.355 e. The van der Waals surface area contributed by atoms with E-state index >= 15 is 0 Å². The number of halogens is 1. The fourth-order valence-corrected chi connectivity index (χ4v) is 3.94. The van der Waals surface area contributed by atoms with Crippen molar-refractivity contribution in [1.82, 2.24) is 30.2 Å².